The highest BCUT2D eigenvalue weighted by molar-refractivity contribution is 6.00. The number of hydrogen-bond donors (Lipinski definition) is 1. The summed E-state index contributed by atoms with van der Waals surface area (Å²) < 4.78 is 7.06. The van der Waals surface area contributed by atoms with Gasteiger partial charge in [0.25, 0.3) is 5.91 Å². The number of amides is 1. The first-order chi connectivity index (χ1) is 11.3. The Hall–Kier alpha value is -2.12. The lowest BCUT2D eigenvalue weighted by Crippen LogP contribution is -2.48. The van der Waals surface area contributed by atoms with Crippen molar-refractivity contribution in [2.45, 2.75) is 12.8 Å². The van der Waals surface area contributed by atoms with E-state index in [1.165, 1.54) is 12.8 Å². The summed E-state index contributed by atoms with van der Waals surface area (Å²) in [5.41, 5.74) is 5.57. The molecular formula is C16H21N5O2. The fraction of sp³-hybridized carbons (Fsp3) is 0.500. The van der Waals surface area contributed by atoms with E-state index >= 15 is 0 Å². The maximum atomic E-state index is 12.6. The lowest BCUT2D eigenvalue weighted by atomic mass is 10.2. The van der Waals surface area contributed by atoms with Gasteiger partial charge in [-0.05, 0) is 25.0 Å². The third kappa shape index (κ3) is 2.89. The SMILES string of the molecule is O=C(NN1CCOCC1)c1cnn2ccc(N3CCCC3)cc12. The molecule has 7 heteroatoms. The molecule has 0 unspecified atom stereocenters. The van der Waals surface area contributed by atoms with Gasteiger partial charge in [0, 0.05) is 38.1 Å². The zero-order valence-electron chi connectivity index (χ0n) is 13.1. The maximum absolute atomic E-state index is 12.6. The molecule has 0 aliphatic carbocycles. The van der Waals surface area contributed by atoms with Gasteiger partial charge in [0.2, 0.25) is 0 Å². The van der Waals surface area contributed by atoms with E-state index in [-0.39, 0.29) is 5.91 Å². The second-order valence-electron chi connectivity index (χ2n) is 6.01. The van der Waals surface area contributed by atoms with Crippen molar-refractivity contribution < 1.29 is 9.53 Å². The van der Waals surface area contributed by atoms with Crippen LogP contribution in [0.15, 0.2) is 24.5 Å². The van der Waals surface area contributed by atoms with Crippen LogP contribution in [-0.2, 0) is 4.74 Å². The van der Waals surface area contributed by atoms with Gasteiger partial charge in [-0.1, -0.05) is 0 Å². The van der Waals surface area contributed by atoms with Crippen LogP contribution in [0.3, 0.4) is 0 Å². The van der Waals surface area contributed by atoms with Crippen LogP contribution in [0, 0.1) is 0 Å². The zero-order valence-corrected chi connectivity index (χ0v) is 13.1. The highest BCUT2D eigenvalue weighted by atomic mass is 16.5. The number of pyridine rings is 1. The minimum Gasteiger partial charge on any atom is -0.379 e. The molecule has 7 nitrogen and oxygen atoms in total. The van der Waals surface area contributed by atoms with Crippen molar-refractivity contribution in [1.29, 1.82) is 0 Å². The average Bonchev–Trinajstić information content (AvgIpc) is 3.25. The quantitative estimate of drug-likeness (QED) is 0.912. The normalized spacial score (nSPS) is 19.4. The van der Waals surface area contributed by atoms with E-state index in [9.17, 15) is 4.79 Å². The minimum atomic E-state index is -0.111. The van der Waals surface area contributed by atoms with Crippen molar-refractivity contribution in [2.75, 3.05) is 44.3 Å². The highest BCUT2D eigenvalue weighted by Gasteiger charge is 2.19. The molecule has 2 aliphatic rings. The number of nitrogens with one attached hydrogen (secondary N) is 1. The van der Waals surface area contributed by atoms with Gasteiger partial charge in [-0.3, -0.25) is 10.2 Å². The monoisotopic (exact) mass is 315 g/mol. The summed E-state index contributed by atoms with van der Waals surface area (Å²) in [6, 6.07) is 4.13. The van der Waals surface area contributed by atoms with Crippen LogP contribution >= 0.6 is 0 Å². The highest BCUT2D eigenvalue weighted by Crippen LogP contribution is 2.23. The van der Waals surface area contributed by atoms with Gasteiger partial charge in [0.15, 0.2) is 0 Å². The number of nitrogens with zero attached hydrogens (tertiary/aromatic N) is 4. The fourth-order valence-electron chi connectivity index (χ4n) is 3.20. The third-order valence-electron chi connectivity index (χ3n) is 4.49. The van der Waals surface area contributed by atoms with Crippen LogP contribution in [0.5, 0.6) is 0 Å². The Morgan fingerprint density at radius 3 is 2.74 bits per heavy atom. The minimum absolute atomic E-state index is 0.111. The van der Waals surface area contributed by atoms with E-state index in [0.29, 0.717) is 31.9 Å². The van der Waals surface area contributed by atoms with Gasteiger partial charge in [0.1, 0.15) is 0 Å². The number of fused-ring (bicyclic) bond motifs is 1. The van der Waals surface area contributed by atoms with Gasteiger partial charge < -0.3 is 9.64 Å². The number of aromatic nitrogens is 2. The summed E-state index contributed by atoms with van der Waals surface area (Å²) >= 11 is 0. The summed E-state index contributed by atoms with van der Waals surface area (Å²) in [7, 11) is 0. The first-order valence-corrected chi connectivity index (χ1v) is 8.17. The van der Waals surface area contributed by atoms with Crippen molar-refractivity contribution in [3.63, 3.8) is 0 Å². The number of anilines is 1. The topological polar surface area (TPSA) is 62.1 Å². The van der Waals surface area contributed by atoms with Gasteiger partial charge in [-0.25, -0.2) is 9.52 Å². The number of carbonyl (C=O) groups is 1. The molecule has 1 N–H and O–H groups in total. The first-order valence-electron chi connectivity index (χ1n) is 8.17. The summed E-state index contributed by atoms with van der Waals surface area (Å²) in [4.78, 5) is 14.9. The first kappa shape index (κ1) is 14.5. The number of hydrogen-bond acceptors (Lipinski definition) is 5. The van der Waals surface area contributed by atoms with Crippen molar-refractivity contribution in [3.8, 4) is 0 Å². The molecule has 0 bridgehead atoms. The molecule has 4 rings (SSSR count). The smallest absolute Gasteiger partial charge is 0.269 e. The fourth-order valence-corrected chi connectivity index (χ4v) is 3.20. The molecule has 4 heterocycles. The summed E-state index contributed by atoms with van der Waals surface area (Å²) in [6.07, 6.45) is 6.02. The van der Waals surface area contributed by atoms with Crippen LogP contribution in [-0.4, -0.2) is 59.9 Å². The average molecular weight is 315 g/mol. The lowest BCUT2D eigenvalue weighted by Gasteiger charge is -2.26. The molecule has 0 spiro atoms. The van der Waals surface area contributed by atoms with E-state index < -0.39 is 0 Å². The number of carbonyl (C=O) groups excluding carboxylic acids is 1. The summed E-state index contributed by atoms with van der Waals surface area (Å²) in [5, 5.41) is 6.20. The van der Waals surface area contributed by atoms with Crippen molar-refractivity contribution in [1.82, 2.24) is 20.0 Å². The molecule has 0 saturated carbocycles. The summed E-state index contributed by atoms with van der Waals surface area (Å²) in [5.74, 6) is -0.111. The molecular weight excluding hydrogens is 294 g/mol. The molecule has 23 heavy (non-hydrogen) atoms. The van der Waals surface area contributed by atoms with Gasteiger partial charge >= 0.3 is 0 Å². The molecule has 0 aromatic carbocycles. The van der Waals surface area contributed by atoms with E-state index in [4.69, 9.17) is 4.74 Å². The molecule has 2 aliphatic heterocycles. The molecule has 1 amide bonds. The lowest BCUT2D eigenvalue weighted by molar-refractivity contribution is 0.0127. The predicted molar refractivity (Wildman–Crippen MR) is 86.5 cm³/mol. The largest absolute Gasteiger partial charge is 0.379 e. The van der Waals surface area contributed by atoms with E-state index in [0.717, 1.165) is 24.3 Å². The van der Waals surface area contributed by atoms with E-state index in [2.05, 4.69) is 27.6 Å². The van der Waals surface area contributed by atoms with Crippen molar-refractivity contribution >= 4 is 17.1 Å². The number of hydrazine groups is 1. The van der Waals surface area contributed by atoms with Crippen LogP contribution in [0.25, 0.3) is 5.52 Å². The Morgan fingerprint density at radius 1 is 1.17 bits per heavy atom. The second kappa shape index (κ2) is 6.17. The van der Waals surface area contributed by atoms with Crippen molar-refractivity contribution in [2.24, 2.45) is 0 Å². The Labute approximate surface area is 134 Å². The standard InChI is InChI=1S/C16H21N5O2/c22-16(18-20-7-9-23-10-8-20)14-12-17-21-6-3-13(11-15(14)21)19-4-1-2-5-19/h3,6,11-12H,1-2,4-5,7-10H2,(H,18,22). The second-order valence-corrected chi connectivity index (χ2v) is 6.01. The van der Waals surface area contributed by atoms with Crippen LogP contribution in [0.2, 0.25) is 0 Å². The van der Waals surface area contributed by atoms with Crippen LogP contribution in [0.1, 0.15) is 23.2 Å². The third-order valence-corrected chi connectivity index (χ3v) is 4.49. The summed E-state index contributed by atoms with van der Waals surface area (Å²) in [6.45, 7) is 4.88. The van der Waals surface area contributed by atoms with Gasteiger partial charge in [-0.15, -0.1) is 0 Å². The van der Waals surface area contributed by atoms with Gasteiger partial charge in [-0.2, -0.15) is 5.10 Å². The predicted octanol–water partition coefficient (Wildman–Crippen LogP) is 0.912. The van der Waals surface area contributed by atoms with Crippen molar-refractivity contribution in [3.05, 3.63) is 30.1 Å². The van der Waals surface area contributed by atoms with Crippen LogP contribution < -0.4 is 10.3 Å². The van der Waals surface area contributed by atoms with Crippen LogP contribution in [0.4, 0.5) is 5.69 Å². The Kier molecular flexibility index (Phi) is 3.88. The molecule has 2 fully saturated rings. The Bertz CT molecular complexity index is 702. The van der Waals surface area contributed by atoms with Gasteiger partial charge in [0.05, 0.1) is 30.5 Å². The molecule has 0 radical (unpaired) electrons. The Balaban J connectivity index is 1.58. The van der Waals surface area contributed by atoms with E-state index in [1.807, 2.05) is 11.2 Å². The molecule has 122 valence electrons. The number of morpholine rings is 1. The number of rotatable bonds is 3. The molecule has 0 atom stereocenters. The zero-order chi connectivity index (χ0) is 15.6. The number of ether oxygens (including phenoxy) is 1. The molecule has 2 aromatic rings. The molecule has 2 saturated heterocycles. The molecule has 2 aromatic heterocycles. The Morgan fingerprint density at radius 2 is 1.96 bits per heavy atom. The maximum Gasteiger partial charge on any atom is 0.269 e. The van der Waals surface area contributed by atoms with E-state index in [1.54, 1.807) is 10.7 Å².